The molecule has 1 heterocycles. The fraction of sp³-hybridized carbons (Fsp3) is 0.0952. The summed E-state index contributed by atoms with van der Waals surface area (Å²) >= 11 is 0. The monoisotopic (exact) mass is 330 g/mol. The van der Waals surface area contributed by atoms with E-state index in [1.54, 1.807) is 19.3 Å². The molecule has 0 N–H and O–H groups in total. The van der Waals surface area contributed by atoms with E-state index in [1.165, 1.54) is 0 Å². The number of hydrogen-bond donors (Lipinski definition) is 0. The Kier molecular flexibility index (Phi) is 5.32. The molecule has 4 heteroatoms. The number of rotatable bonds is 5. The van der Waals surface area contributed by atoms with Crippen LogP contribution < -0.4 is 0 Å². The Morgan fingerprint density at radius 2 is 1.52 bits per heavy atom. The molecule has 2 aromatic carbocycles. The van der Waals surface area contributed by atoms with Gasteiger partial charge in [-0.2, -0.15) is 0 Å². The molecule has 0 amide bonds. The second-order valence-corrected chi connectivity index (χ2v) is 5.58. The largest absolute Gasteiger partial charge is 0.346 e. The van der Waals surface area contributed by atoms with Gasteiger partial charge in [-0.1, -0.05) is 65.8 Å². The highest BCUT2D eigenvalue weighted by atomic mass is 16.7. The van der Waals surface area contributed by atoms with Crippen molar-refractivity contribution in [3.63, 3.8) is 0 Å². The predicted octanol–water partition coefficient (Wildman–Crippen LogP) is 4.18. The lowest BCUT2D eigenvalue weighted by atomic mass is 9.91. The first-order valence-corrected chi connectivity index (χ1v) is 8.01. The predicted molar refractivity (Wildman–Crippen MR) is 97.3 cm³/mol. The number of hydrogen-bond acceptors (Lipinski definition) is 4. The van der Waals surface area contributed by atoms with E-state index in [0.717, 1.165) is 16.7 Å². The van der Waals surface area contributed by atoms with Crippen LogP contribution in [0.25, 0.3) is 0 Å². The Balaban J connectivity index is 1.85. The SMILES string of the molecule is C/C(=N/OC(=O)C(c1ccccc1)c1ccccc1)c1cccnc1. The summed E-state index contributed by atoms with van der Waals surface area (Å²) in [6, 6.07) is 22.8. The summed E-state index contributed by atoms with van der Waals surface area (Å²) in [5.74, 6) is -0.937. The molecule has 124 valence electrons. The lowest BCUT2D eigenvalue weighted by Crippen LogP contribution is -2.16. The van der Waals surface area contributed by atoms with E-state index in [2.05, 4.69) is 10.1 Å². The highest BCUT2D eigenvalue weighted by Gasteiger charge is 2.24. The van der Waals surface area contributed by atoms with Crippen LogP contribution >= 0.6 is 0 Å². The van der Waals surface area contributed by atoms with Crippen LogP contribution in [0.15, 0.2) is 90.3 Å². The molecule has 0 aliphatic rings. The molecule has 0 aliphatic carbocycles. The number of aromatic nitrogens is 1. The summed E-state index contributed by atoms with van der Waals surface area (Å²) in [7, 11) is 0. The van der Waals surface area contributed by atoms with Crippen LogP contribution in [0.3, 0.4) is 0 Å². The molecule has 0 unspecified atom stereocenters. The first kappa shape index (κ1) is 16.6. The molecular formula is C21H18N2O2. The van der Waals surface area contributed by atoms with Crippen LogP contribution in [0.1, 0.15) is 29.5 Å². The number of oxime groups is 1. The van der Waals surface area contributed by atoms with Crippen molar-refractivity contribution in [2.24, 2.45) is 5.16 Å². The molecule has 0 saturated heterocycles. The molecule has 0 spiro atoms. The van der Waals surface area contributed by atoms with Gasteiger partial charge in [0.1, 0.15) is 5.92 Å². The highest BCUT2D eigenvalue weighted by Crippen LogP contribution is 2.26. The van der Waals surface area contributed by atoms with Gasteiger partial charge in [-0.3, -0.25) is 4.98 Å². The van der Waals surface area contributed by atoms with Crippen molar-refractivity contribution in [1.82, 2.24) is 4.98 Å². The average Bonchev–Trinajstić information content (AvgIpc) is 2.69. The lowest BCUT2D eigenvalue weighted by molar-refractivity contribution is -0.144. The molecule has 0 radical (unpaired) electrons. The molecule has 0 aliphatic heterocycles. The minimum absolute atomic E-state index is 0.416. The topological polar surface area (TPSA) is 51.5 Å². The van der Waals surface area contributed by atoms with Crippen molar-refractivity contribution in [2.45, 2.75) is 12.8 Å². The van der Waals surface area contributed by atoms with Gasteiger partial charge in [-0.15, -0.1) is 0 Å². The summed E-state index contributed by atoms with van der Waals surface area (Å²) in [5.41, 5.74) is 3.15. The number of carbonyl (C=O) groups is 1. The van der Waals surface area contributed by atoms with E-state index >= 15 is 0 Å². The Bertz CT molecular complexity index is 807. The van der Waals surface area contributed by atoms with Gasteiger partial charge in [0.15, 0.2) is 0 Å². The maximum atomic E-state index is 12.7. The van der Waals surface area contributed by atoms with Gasteiger partial charge in [0, 0.05) is 18.0 Å². The molecule has 3 rings (SSSR count). The normalized spacial score (nSPS) is 11.4. The first-order valence-electron chi connectivity index (χ1n) is 8.01. The zero-order valence-electron chi connectivity index (χ0n) is 13.9. The van der Waals surface area contributed by atoms with Crippen molar-refractivity contribution in [3.8, 4) is 0 Å². The summed E-state index contributed by atoms with van der Waals surface area (Å²) < 4.78 is 0. The lowest BCUT2D eigenvalue weighted by Gasteiger charge is -2.15. The van der Waals surface area contributed by atoms with Gasteiger partial charge in [0.25, 0.3) is 0 Å². The second-order valence-electron chi connectivity index (χ2n) is 5.58. The Morgan fingerprint density at radius 3 is 2.04 bits per heavy atom. The fourth-order valence-corrected chi connectivity index (χ4v) is 2.55. The Labute approximate surface area is 146 Å². The van der Waals surface area contributed by atoms with Crippen LogP contribution in [-0.2, 0) is 9.63 Å². The van der Waals surface area contributed by atoms with Crippen LogP contribution in [-0.4, -0.2) is 16.7 Å². The zero-order valence-corrected chi connectivity index (χ0v) is 13.9. The highest BCUT2D eigenvalue weighted by molar-refractivity contribution is 5.98. The molecule has 0 bridgehead atoms. The van der Waals surface area contributed by atoms with E-state index in [1.807, 2.05) is 72.8 Å². The van der Waals surface area contributed by atoms with Crippen LogP contribution in [0, 0.1) is 0 Å². The van der Waals surface area contributed by atoms with Gasteiger partial charge in [0.2, 0.25) is 0 Å². The number of pyridine rings is 1. The van der Waals surface area contributed by atoms with Crippen LogP contribution in [0.4, 0.5) is 0 Å². The molecular weight excluding hydrogens is 312 g/mol. The average molecular weight is 330 g/mol. The standard InChI is InChI=1S/C21H18N2O2/c1-16(19-13-8-14-22-15-19)23-25-21(24)20(17-9-4-2-5-10-17)18-11-6-3-7-12-18/h2-15,20H,1H3/b23-16-. The maximum Gasteiger partial charge on any atom is 0.346 e. The van der Waals surface area contributed by atoms with E-state index in [4.69, 9.17) is 4.84 Å². The van der Waals surface area contributed by atoms with Gasteiger partial charge >= 0.3 is 5.97 Å². The van der Waals surface area contributed by atoms with Crippen LogP contribution in [0.5, 0.6) is 0 Å². The third-order valence-electron chi connectivity index (χ3n) is 3.85. The quantitative estimate of drug-likeness (QED) is 0.400. The Morgan fingerprint density at radius 1 is 0.920 bits per heavy atom. The molecule has 0 atom stereocenters. The number of benzene rings is 2. The minimum Gasteiger partial charge on any atom is -0.317 e. The van der Waals surface area contributed by atoms with Crippen molar-refractivity contribution in [2.75, 3.05) is 0 Å². The molecule has 25 heavy (non-hydrogen) atoms. The fourth-order valence-electron chi connectivity index (χ4n) is 2.55. The second kappa shape index (κ2) is 8.02. The molecule has 1 aromatic heterocycles. The molecule has 4 nitrogen and oxygen atoms in total. The van der Waals surface area contributed by atoms with Gasteiger partial charge in [-0.05, 0) is 30.2 Å². The van der Waals surface area contributed by atoms with Crippen LogP contribution in [0.2, 0.25) is 0 Å². The van der Waals surface area contributed by atoms with E-state index in [0.29, 0.717) is 5.71 Å². The summed E-state index contributed by atoms with van der Waals surface area (Å²) in [5, 5.41) is 3.99. The zero-order chi connectivity index (χ0) is 17.5. The maximum absolute atomic E-state index is 12.7. The number of nitrogens with zero attached hydrogens (tertiary/aromatic N) is 2. The molecule has 3 aromatic rings. The van der Waals surface area contributed by atoms with Crippen molar-refractivity contribution >= 4 is 11.7 Å². The van der Waals surface area contributed by atoms with E-state index in [-0.39, 0.29) is 0 Å². The molecule has 0 fully saturated rings. The minimum atomic E-state index is -0.521. The van der Waals surface area contributed by atoms with Crippen molar-refractivity contribution in [3.05, 3.63) is 102 Å². The van der Waals surface area contributed by atoms with Gasteiger partial charge in [0.05, 0.1) is 5.71 Å². The van der Waals surface area contributed by atoms with Gasteiger partial charge in [-0.25, -0.2) is 4.79 Å². The van der Waals surface area contributed by atoms with Crippen molar-refractivity contribution < 1.29 is 9.63 Å². The summed E-state index contributed by atoms with van der Waals surface area (Å²) in [4.78, 5) is 22.0. The summed E-state index contributed by atoms with van der Waals surface area (Å²) in [6.07, 6.45) is 3.36. The third-order valence-corrected chi connectivity index (χ3v) is 3.85. The smallest absolute Gasteiger partial charge is 0.317 e. The number of carbonyl (C=O) groups excluding carboxylic acids is 1. The third kappa shape index (κ3) is 4.18. The van der Waals surface area contributed by atoms with E-state index in [9.17, 15) is 4.79 Å². The Hall–Kier alpha value is -3.27. The van der Waals surface area contributed by atoms with Crippen molar-refractivity contribution in [1.29, 1.82) is 0 Å². The first-order chi connectivity index (χ1) is 12.3. The van der Waals surface area contributed by atoms with E-state index < -0.39 is 11.9 Å². The molecule has 0 saturated carbocycles. The van der Waals surface area contributed by atoms with Gasteiger partial charge < -0.3 is 4.84 Å². The summed E-state index contributed by atoms with van der Waals surface area (Å²) in [6.45, 7) is 1.78.